The van der Waals surface area contributed by atoms with Gasteiger partial charge in [0.15, 0.2) is 0 Å². The van der Waals surface area contributed by atoms with Gasteiger partial charge in [0.2, 0.25) is 5.91 Å². The Morgan fingerprint density at radius 3 is 2.53 bits per heavy atom. The lowest BCUT2D eigenvalue weighted by Gasteiger charge is -2.24. The lowest BCUT2D eigenvalue weighted by atomic mass is 10.2. The van der Waals surface area contributed by atoms with E-state index in [9.17, 15) is 14.4 Å². The third-order valence-electron chi connectivity index (χ3n) is 2.79. The Labute approximate surface area is 110 Å². The average molecular weight is 273 g/mol. The molecule has 1 saturated carbocycles. The largest absolute Gasteiger partial charge is 0.480 e. The molecule has 1 fully saturated rings. The topological polar surface area (TPSA) is 122 Å². The number of ether oxygens (including phenoxy) is 1. The van der Waals surface area contributed by atoms with Crippen LogP contribution in [0.1, 0.15) is 19.3 Å². The SMILES string of the molecule is COCCN(C(=O)N[C@H](CC(N)=O)C(=O)O)C1CC1. The van der Waals surface area contributed by atoms with Crippen LogP contribution in [0.25, 0.3) is 0 Å². The van der Waals surface area contributed by atoms with Crippen molar-refractivity contribution in [2.45, 2.75) is 31.3 Å². The fraction of sp³-hybridized carbons (Fsp3) is 0.727. The maximum absolute atomic E-state index is 12.0. The van der Waals surface area contributed by atoms with E-state index in [1.54, 1.807) is 0 Å². The van der Waals surface area contributed by atoms with Gasteiger partial charge in [0.05, 0.1) is 13.0 Å². The van der Waals surface area contributed by atoms with Gasteiger partial charge in [0.1, 0.15) is 6.04 Å². The Hall–Kier alpha value is -1.83. The molecular weight excluding hydrogens is 254 g/mol. The average Bonchev–Trinajstić information content (AvgIpc) is 3.12. The summed E-state index contributed by atoms with van der Waals surface area (Å²) in [5, 5.41) is 11.2. The van der Waals surface area contributed by atoms with Crippen molar-refractivity contribution in [2.24, 2.45) is 5.73 Å². The molecule has 19 heavy (non-hydrogen) atoms. The molecule has 1 aliphatic rings. The van der Waals surface area contributed by atoms with Crippen LogP contribution in [0.15, 0.2) is 0 Å². The van der Waals surface area contributed by atoms with Crippen LogP contribution in [0, 0.1) is 0 Å². The number of nitrogens with zero attached hydrogens (tertiary/aromatic N) is 1. The number of nitrogens with one attached hydrogen (secondary N) is 1. The van der Waals surface area contributed by atoms with Crippen molar-refractivity contribution in [3.63, 3.8) is 0 Å². The molecular formula is C11H19N3O5. The summed E-state index contributed by atoms with van der Waals surface area (Å²) in [5.41, 5.74) is 4.95. The molecule has 0 bridgehead atoms. The third-order valence-corrected chi connectivity index (χ3v) is 2.79. The summed E-state index contributed by atoms with van der Waals surface area (Å²) in [6.07, 6.45) is 1.36. The number of carbonyl (C=O) groups is 3. The second-order valence-corrected chi connectivity index (χ2v) is 4.43. The van der Waals surface area contributed by atoms with Crippen LogP contribution < -0.4 is 11.1 Å². The molecule has 0 spiro atoms. The molecule has 0 radical (unpaired) electrons. The summed E-state index contributed by atoms with van der Waals surface area (Å²) in [7, 11) is 1.52. The molecule has 1 aliphatic carbocycles. The van der Waals surface area contributed by atoms with Crippen molar-refractivity contribution in [1.29, 1.82) is 0 Å². The number of carboxylic acids is 1. The van der Waals surface area contributed by atoms with Crippen molar-refractivity contribution < 1.29 is 24.2 Å². The number of urea groups is 1. The van der Waals surface area contributed by atoms with Gasteiger partial charge in [-0.25, -0.2) is 9.59 Å². The van der Waals surface area contributed by atoms with Gasteiger partial charge in [-0.05, 0) is 12.8 Å². The van der Waals surface area contributed by atoms with Gasteiger partial charge in [-0.1, -0.05) is 0 Å². The van der Waals surface area contributed by atoms with Gasteiger partial charge in [0.25, 0.3) is 0 Å². The van der Waals surface area contributed by atoms with Crippen LogP contribution in [0.2, 0.25) is 0 Å². The van der Waals surface area contributed by atoms with Gasteiger partial charge in [0, 0.05) is 19.7 Å². The van der Waals surface area contributed by atoms with Gasteiger partial charge in [-0.15, -0.1) is 0 Å². The van der Waals surface area contributed by atoms with E-state index in [0.717, 1.165) is 12.8 Å². The predicted molar refractivity (Wildman–Crippen MR) is 65.4 cm³/mol. The Bertz CT molecular complexity index is 356. The fourth-order valence-corrected chi connectivity index (χ4v) is 1.66. The molecule has 1 atom stereocenters. The van der Waals surface area contributed by atoms with E-state index in [2.05, 4.69) is 5.32 Å². The number of aliphatic carboxylic acids is 1. The van der Waals surface area contributed by atoms with Crippen LogP contribution in [0.4, 0.5) is 4.79 Å². The molecule has 0 aromatic rings. The number of hydrogen-bond acceptors (Lipinski definition) is 4. The molecule has 8 heteroatoms. The Morgan fingerprint density at radius 2 is 2.11 bits per heavy atom. The van der Waals surface area contributed by atoms with Gasteiger partial charge in [-0.3, -0.25) is 4.79 Å². The minimum atomic E-state index is -1.30. The maximum atomic E-state index is 12.0. The number of methoxy groups -OCH3 is 1. The summed E-state index contributed by atoms with van der Waals surface area (Å²) >= 11 is 0. The first-order chi connectivity index (χ1) is 8.95. The highest BCUT2D eigenvalue weighted by molar-refractivity contribution is 5.87. The van der Waals surface area contributed by atoms with Crippen LogP contribution in [0.5, 0.6) is 0 Å². The van der Waals surface area contributed by atoms with Crippen molar-refractivity contribution in [3.05, 3.63) is 0 Å². The number of hydrogen-bond donors (Lipinski definition) is 3. The van der Waals surface area contributed by atoms with Crippen LogP contribution in [0.3, 0.4) is 0 Å². The Balaban J connectivity index is 2.57. The summed E-state index contributed by atoms with van der Waals surface area (Å²) in [5.74, 6) is -2.06. The minimum absolute atomic E-state index is 0.123. The molecule has 4 N–H and O–H groups in total. The number of rotatable bonds is 8. The zero-order valence-electron chi connectivity index (χ0n) is 10.8. The van der Waals surface area contributed by atoms with Crippen molar-refractivity contribution in [3.8, 4) is 0 Å². The lowest BCUT2D eigenvalue weighted by Crippen LogP contribution is -2.50. The molecule has 0 unspecified atom stereocenters. The van der Waals surface area contributed by atoms with E-state index in [0.29, 0.717) is 13.2 Å². The molecule has 108 valence electrons. The number of nitrogens with two attached hydrogens (primary N) is 1. The number of primary amides is 1. The van der Waals surface area contributed by atoms with E-state index < -0.39 is 30.4 Å². The quantitative estimate of drug-likeness (QED) is 0.531. The van der Waals surface area contributed by atoms with E-state index in [1.807, 2.05) is 0 Å². The standard InChI is InChI=1S/C11H19N3O5/c1-19-5-4-14(7-2-3-7)11(18)13-8(10(16)17)6-9(12)15/h7-8H,2-6H2,1H3,(H2,12,15)(H,13,18)(H,16,17)/t8-/m1/s1. The molecule has 0 aromatic heterocycles. The summed E-state index contributed by atoms with van der Waals surface area (Å²) < 4.78 is 4.91. The normalized spacial score (nSPS) is 15.6. The van der Waals surface area contributed by atoms with E-state index >= 15 is 0 Å². The molecule has 0 aliphatic heterocycles. The lowest BCUT2D eigenvalue weighted by molar-refractivity contribution is -0.141. The molecule has 3 amide bonds. The van der Waals surface area contributed by atoms with E-state index in [4.69, 9.17) is 15.6 Å². The Morgan fingerprint density at radius 1 is 1.47 bits per heavy atom. The highest BCUT2D eigenvalue weighted by Gasteiger charge is 2.34. The van der Waals surface area contributed by atoms with Crippen molar-refractivity contribution in [2.75, 3.05) is 20.3 Å². The highest BCUT2D eigenvalue weighted by Crippen LogP contribution is 2.26. The molecule has 8 nitrogen and oxygen atoms in total. The summed E-state index contributed by atoms with van der Waals surface area (Å²) in [6.45, 7) is 0.757. The third kappa shape index (κ3) is 5.12. The van der Waals surface area contributed by atoms with E-state index in [-0.39, 0.29) is 6.04 Å². The first-order valence-corrected chi connectivity index (χ1v) is 6.03. The maximum Gasteiger partial charge on any atom is 0.326 e. The van der Waals surface area contributed by atoms with Crippen molar-refractivity contribution >= 4 is 17.9 Å². The zero-order valence-corrected chi connectivity index (χ0v) is 10.8. The van der Waals surface area contributed by atoms with Gasteiger partial charge < -0.3 is 25.8 Å². The summed E-state index contributed by atoms with van der Waals surface area (Å²) in [4.78, 5) is 35.2. The molecule has 0 heterocycles. The molecule has 1 rings (SSSR count). The number of carboxylic acid groups (broad SMARTS) is 1. The zero-order chi connectivity index (χ0) is 14.4. The first-order valence-electron chi connectivity index (χ1n) is 6.03. The first kappa shape index (κ1) is 15.2. The van der Waals surface area contributed by atoms with Crippen molar-refractivity contribution in [1.82, 2.24) is 10.2 Å². The van der Waals surface area contributed by atoms with Crippen LogP contribution in [-0.2, 0) is 14.3 Å². The number of carbonyl (C=O) groups excluding carboxylic acids is 2. The Kier molecular flexibility index (Phi) is 5.56. The van der Waals surface area contributed by atoms with Crippen LogP contribution in [-0.4, -0.2) is 60.3 Å². The monoisotopic (exact) mass is 273 g/mol. The highest BCUT2D eigenvalue weighted by atomic mass is 16.5. The van der Waals surface area contributed by atoms with Gasteiger partial charge >= 0.3 is 12.0 Å². The second kappa shape index (κ2) is 6.93. The second-order valence-electron chi connectivity index (χ2n) is 4.43. The van der Waals surface area contributed by atoms with E-state index in [1.165, 1.54) is 12.0 Å². The minimum Gasteiger partial charge on any atom is -0.480 e. The number of amides is 3. The summed E-state index contributed by atoms with van der Waals surface area (Å²) in [6, 6.07) is -1.68. The molecule has 0 saturated heterocycles. The predicted octanol–water partition coefficient (Wildman–Crippen LogP) is -0.865. The van der Waals surface area contributed by atoms with Gasteiger partial charge in [-0.2, -0.15) is 0 Å². The molecule has 0 aromatic carbocycles. The van der Waals surface area contributed by atoms with Crippen LogP contribution >= 0.6 is 0 Å². The fourth-order valence-electron chi connectivity index (χ4n) is 1.66. The smallest absolute Gasteiger partial charge is 0.326 e.